The molecule has 0 fully saturated rings. The third-order valence-electron chi connectivity index (χ3n) is 2.52. The minimum atomic E-state index is 0.701. The van der Waals surface area contributed by atoms with Crippen LogP contribution in [-0.4, -0.2) is 23.1 Å². The zero-order valence-electron chi connectivity index (χ0n) is 9.62. The minimum absolute atomic E-state index is 0.701. The number of aryl methyl sites for hydroxylation is 1. The van der Waals surface area contributed by atoms with E-state index in [1.807, 2.05) is 32.3 Å². The van der Waals surface area contributed by atoms with Crippen molar-refractivity contribution in [3.63, 3.8) is 0 Å². The van der Waals surface area contributed by atoms with Gasteiger partial charge in [0.15, 0.2) is 0 Å². The number of para-hydroxylation sites is 2. The molecule has 0 radical (unpaired) electrons. The summed E-state index contributed by atoms with van der Waals surface area (Å²) in [4.78, 5) is 4.55. The van der Waals surface area contributed by atoms with E-state index in [2.05, 4.69) is 32.8 Å². The highest BCUT2D eigenvalue weighted by atomic mass is 15.1. The van der Waals surface area contributed by atoms with Crippen molar-refractivity contribution in [1.82, 2.24) is 14.9 Å². The maximum atomic E-state index is 4.55. The first-order chi connectivity index (χ1) is 7.83. The van der Waals surface area contributed by atoms with Crippen LogP contribution in [0, 0.1) is 11.8 Å². The van der Waals surface area contributed by atoms with Crippen LogP contribution in [0.25, 0.3) is 11.0 Å². The number of hydrogen-bond acceptors (Lipinski definition) is 2. The lowest BCUT2D eigenvalue weighted by molar-refractivity contribution is 0.859. The van der Waals surface area contributed by atoms with Gasteiger partial charge in [-0.3, -0.25) is 0 Å². The van der Waals surface area contributed by atoms with Crippen molar-refractivity contribution in [3.8, 4) is 11.8 Å². The number of nitrogens with one attached hydrogen (secondary N) is 1. The Morgan fingerprint density at radius 1 is 1.31 bits per heavy atom. The van der Waals surface area contributed by atoms with Gasteiger partial charge in [-0.25, -0.2) is 4.98 Å². The molecular weight excluding hydrogens is 198 g/mol. The predicted molar refractivity (Wildman–Crippen MR) is 66.1 cm³/mol. The molecule has 1 heterocycles. The second-order valence-corrected chi connectivity index (χ2v) is 3.64. The van der Waals surface area contributed by atoms with Crippen molar-refractivity contribution in [2.24, 2.45) is 7.05 Å². The summed E-state index contributed by atoms with van der Waals surface area (Å²) >= 11 is 0. The van der Waals surface area contributed by atoms with Crippen molar-refractivity contribution in [2.45, 2.75) is 6.42 Å². The lowest BCUT2D eigenvalue weighted by Gasteiger charge is -1.96. The van der Waals surface area contributed by atoms with E-state index in [-0.39, 0.29) is 0 Å². The Hall–Kier alpha value is -1.79. The zero-order chi connectivity index (χ0) is 11.4. The highest BCUT2D eigenvalue weighted by Crippen LogP contribution is 2.13. The highest BCUT2D eigenvalue weighted by Gasteiger charge is 2.04. The molecular formula is C13H15N3. The van der Waals surface area contributed by atoms with Crippen molar-refractivity contribution < 1.29 is 0 Å². The molecule has 0 amide bonds. The Balaban J connectivity index is 2.26. The average molecular weight is 213 g/mol. The minimum Gasteiger partial charge on any atom is -0.330 e. The maximum Gasteiger partial charge on any atom is 0.121 e. The summed E-state index contributed by atoms with van der Waals surface area (Å²) in [6, 6.07) is 8.14. The fourth-order valence-corrected chi connectivity index (χ4v) is 1.65. The number of hydrogen-bond donors (Lipinski definition) is 1. The van der Waals surface area contributed by atoms with Crippen LogP contribution in [0.15, 0.2) is 24.3 Å². The molecule has 0 spiro atoms. The van der Waals surface area contributed by atoms with Crippen LogP contribution in [0.1, 0.15) is 5.82 Å². The quantitative estimate of drug-likeness (QED) is 0.763. The van der Waals surface area contributed by atoms with Gasteiger partial charge in [0.2, 0.25) is 0 Å². The van der Waals surface area contributed by atoms with Gasteiger partial charge in [-0.05, 0) is 19.2 Å². The molecule has 3 nitrogen and oxygen atoms in total. The lowest BCUT2D eigenvalue weighted by Crippen LogP contribution is -2.04. The molecule has 0 aliphatic heterocycles. The summed E-state index contributed by atoms with van der Waals surface area (Å²) in [6.07, 6.45) is 0.701. The van der Waals surface area contributed by atoms with Crippen LogP contribution in [0.2, 0.25) is 0 Å². The molecule has 1 aromatic heterocycles. The van der Waals surface area contributed by atoms with Crippen LogP contribution in [-0.2, 0) is 13.5 Å². The first-order valence-electron chi connectivity index (χ1n) is 5.33. The molecule has 3 heteroatoms. The van der Waals surface area contributed by atoms with Crippen molar-refractivity contribution >= 4 is 11.0 Å². The number of benzene rings is 1. The smallest absolute Gasteiger partial charge is 0.121 e. The van der Waals surface area contributed by atoms with Crippen LogP contribution in [0.4, 0.5) is 0 Å². The summed E-state index contributed by atoms with van der Waals surface area (Å²) in [5.41, 5.74) is 2.20. The van der Waals surface area contributed by atoms with E-state index in [9.17, 15) is 0 Å². The molecule has 0 aliphatic carbocycles. The number of nitrogens with zero attached hydrogens (tertiary/aromatic N) is 2. The predicted octanol–water partition coefficient (Wildman–Crippen LogP) is 1.34. The van der Waals surface area contributed by atoms with Gasteiger partial charge in [0.05, 0.1) is 24.0 Å². The maximum absolute atomic E-state index is 4.55. The molecule has 0 unspecified atom stereocenters. The molecule has 0 atom stereocenters. The Bertz CT molecular complexity index is 543. The van der Waals surface area contributed by atoms with E-state index < -0.39 is 0 Å². The molecule has 82 valence electrons. The molecule has 0 bridgehead atoms. The van der Waals surface area contributed by atoms with Gasteiger partial charge >= 0.3 is 0 Å². The van der Waals surface area contributed by atoms with Crippen LogP contribution >= 0.6 is 0 Å². The number of rotatable bonds is 2. The Morgan fingerprint density at radius 2 is 2.12 bits per heavy atom. The fourth-order valence-electron chi connectivity index (χ4n) is 1.65. The van der Waals surface area contributed by atoms with Crippen LogP contribution < -0.4 is 5.32 Å². The van der Waals surface area contributed by atoms with E-state index in [1.165, 1.54) is 0 Å². The van der Waals surface area contributed by atoms with E-state index in [4.69, 9.17) is 0 Å². The summed E-state index contributed by atoms with van der Waals surface area (Å²) in [6.45, 7) is 0.726. The monoisotopic (exact) mass is 213 g/mol. The second kappa shape index (κ2) is 4.82. The normalized spacial score (nSPS) is 10.1. The molecule has 0 aliphatic rings. The van der Waals surface area contributed by atoms with Gasteiger partial charge in [-0.1, -0.05) is 24.0 Å². The Morgan fingerprint density at radius 3 is 2.88 bits per heavy atom. The SMILES string of the molecule is CNCC#CCc1nc2ccccc2n1C. The molecule has 2 aromatic rings. The molecule has 0 saturated heterocycles. The third kappa shape index (κ3) is 2.07. The molecule has 1 aromatic carbocycles. The van der Waals surface area contributed by atoms with Gasteiger partial charge in [0.25, 0.3) is 0 Å². The number of aromatic nitrogens is 2. The van der Waals surface area contributed by atoms with Crippen LogP contribution in [0.3, 0.4) is 0 Å². The van der Waals surface area contributed by atoms with Gasteiger partial charge in [-0.2, -0.15) is 0 Å². The largest absolute Gasteiger partial charge is 0.330 e. The standard InChI is InChI=1S/C13H15N3/c1-14-10-6-5-9-13-15-11-7-3-4-8-12(11)16(13)2/h3-4,7-8,14H,9-10H2,1-2H3. The van der Waals surface area contributed by atoms with Gasteiger partial charge in [-0.15, -0.1) is 0 Å². The van der Waals surface area contributed by atoms with E-state index in [0.717, 1.165) is 23.4 Å². The lowest BCUT2D eigenvalue weighted by atomic mass is 10.3. The molecule has 2 rings (SSSR count). The van der Waals surface area contributed by atoms with E-state index in [0.29, 0.717) is 6.42 Å². The summed E-state index contributed by atoms with van der Waals surface area (Å²) < 4.78 is 2.10. The second-order valence-electron chi connectivity index (χ2n) is 3.64. The average Bonchev–Trinajstić information content (AvgIpc) is 2.63. The number of fused-ring (bicyclic) bond motifs is 1. The van der Waals surface area contributed by atoms with Gasteiger partial charge in [0, 0.05) is 7.05 Å². The third-order valence-corrected chi connectivity index (χ3v) is 2.52. The molecule has 1 N–H and O–H groups in total. The van der Waals surface area contributed by atoms with E-state index in [1.54, 1.807) is 0 Å². The molecule has 16 heavy (non-hydrogen) atoms. The van der Waals surface area contributed by atoms with Crippen LogP contribution in [0.5, 0.6) is 0 Å². The van der Waals surface area contributed by atoms with Crippen molar-refractivity contribution in [3.05, 3.63) is 30.1 Å². The first-order valence-corrected chi connectivity index (χ1v) is 5.33. The van der Waals surface area contributed by atoms with Crippen molar-refractivity contribution in [2.75, 3.05) is 13.6 Å². The summed E-state index contributed by atoms with van der Waals surface area (Å²) in [5.74, 6) is 7.17. The topological polar surface area (TPSA) is 29.9 Å². The Kier molecular flexibility index (Phi) is 3.23. The fraction of sp³-hybridized carbons (Fsp3) is 0.308. The van der Waals surface area contributed by atoms with E-state index >= 15 is 0 Å². The highest BCUT2D eigenvalue weighted by molar-refractivity contribution is 5.75. The summed E-state index contributed by atoms with van der Waals surface area (Å²) in [5, 5.41) is 2.99. The van der Waals surface area contributed by atoms with Crippen molar-refractivity contribution in [1.29, 1.82) is 0 Å². The number of imidazole rings is 1. The summed E-state index contributed by atoms with van der Waals surface area (Å²) in [7, 11) is 3.92. The first kappa shape index (κ1) is 10.7. The molecule has 0 saturated carbocycles. The van der Waals surface area contributed by atoms with Gasteiger partial charge in [0.1, 0.15) is 5.82 Å². The zero-order valence-corrected chi connectivity index (χ0v) is 9.62. The van der Waals surface area contributed by atoms with Gasteiger partial charge < -0.3 is 9.88 Å². The Labute approximate surface area is 95.5 Å².